The molecule has 0 spiro atoms. The van der Waals surface area contributed by atoms with E-state index in [4.69, 9.17) is 39.5 Å². The molecule has 1 N–H and O–H groups in total. The summed E-state index contributed by atoms with van der Waals surface area (Å²) >= 11 is 18.5. The standard InChI is InChI=1S/C17H17Cl3N2O/c1-10-4-13(18)6-15(20)16(10)23-17(11-2-3-21-7-11)12-5-14(19)9-22-8-12/h4-6,8-9,11,17,21H,2-3,7H2,1H3/t11-,17?/m0/s1. The molecular formula is C17H17Cl3N2O. The third-order valence-electron chi connectivity index (χ3n) is 4.02. The monoisotopic (exact) mass is 370 g/mol. The Balaban J connectivity index is 1.96. The van der Waals surface area contributed by atoms with Gasteiger partial charge in [0.2, 0.25) is 0 Å². The Hall–Kier alpha value is -1.00. The molecule has 3 rings (SSSR count). The van der Waals surface area contributed by atoms with Crippen molar-refractivity contribution in [1.82, 2.24) is 10.3 Å². The predicted molar refractivity (Wildman–Crippen MR) is 94.8 cm³/mol. The molecule has 6 heteroatoms. The van der Waals surface area contributed by atoms with Crippen molar-refractivity contribution in [2.45, 2.75) is 19.4 Å². The van der Waals surface area contributed by atoms with Crippen molar-refractivity contribution in [3.8, 4) is 5.75 Å². The molecule has 0 bridgehead atoms. The fourth-order valence-electron chi connectivity index (χ4n) is 2.92. The highest BCUT2D eigenvalue weighted by Crippen LogP contribution is 2.38. The van der Waals surface area contributed by atoms with Crippen LogP contribution in [0.2, 0.25) is 15.1 Å². The van der Waals surface area contributed by atoms with Gasteiger partial charge in [-0.15, -0.1) is 0 Å². The second kappa shape index (κ2) is 7.27. The Morgan fingerprint density at radius 1 is 1.17 bits per heavy atom. The maximum atomic E-state index is 6.34. The summed E-state index contributed by atoms with van der Waals surface area (Å²) in [5.74, 6) is 0.995. The van der Waals surface area contributed by atoms with Crippen LogP contribution in [-0.4, -0.2) is 18.1 Å². The highest BCUT2D eigenvalue weighted by molar-refractivity contribution is 6.35. The summed E-state index contributed by atoms with van der Waals surface area (Å²) in [5.41, 5.74) is 1.87. The normalized spacial score (nSPS) is 18.9. The van der Waals surface area contributed by atoms with E-state index in [1.165, 1.54) is 0 Å². The van der Waals surface area contributed by atoms with Crippen LogP contribution in [0.5, 0.6) is 5.75 Å². The number of hydrogen-bond acceptors (Lipinski definition) is 3. The maximum Gasteiger partial charge on any atom is 0.141 e. The molecule has 1 aromatic carbocycles. The Morgan fingerprint density at radius 2 is 2.00 bits per heavy atom. The number of aryl methyl sites for hydroxylation is 1. The van der Waals surface area contributed by atoms with Crippen molar-refractivity contribution >= 4 is 34.8 Å². The first-order valence-corrected chi connectivity index (χ1v) is 8.61. The molecule has 0 amide bonds. The molecule has 2 aromatic rings. The van der Waals surface area contributed by atoms with Gasteiger partial charge in [-0.2, -0.15) is 0 Å². The topological polar surface area (TPSA) is 34.1 Å². The first-order chi connectivity index (χ1) is 11.0. The molecule has 23 heavy (non-hydrogen) atoms. The van der Waals surface area contributed by atoms with Gasteiger partial charge in [0.1, 0.15) is 11.9 Å². The van der Waals surface area contributed by atoms with Crippen LogP contribution >= 0.6 is 34.8 Å². The molecule has 1 saturated heterocycles. The molecule has 0 aliphatic carbocycles. The number of halogens is 3. The van der Waals surface area contributed by atoms with Gasteiger partial charge in [-0.05, 0) is 43.7 Å². The van der Waals surface area contributed by atoms with E-state index in [1.54, 1.807) is 18.5 Å². The lowest BCUT2D eigenvalue weighted by molar-refractivity contribution is 0.143. The van der Waals surface area contributed by atoms with Crippen LogP contribution in [0.4, 0.5) is 0 Å². The van der Waals surface area contributed by atoms with Crippen molar-refractivity contribution in [2.24, 2.45) is 5.92 Å². The number of aromatic nitrogens is 1. The van der Waals surface area contributed by atoms with Gasteiger partial charge < -0.3 is 10.1 Å². The zero-order valence-corrected chi connectivity index (χ0v) is 14.9. The summed E-state index contributed by atoms with van der Waals surface area (Å²) < 4.78 is 6.33. The minimum absolute atomic E-state index is 0.159. The molecule has 3 nitrogen and oxygen atoms in total. The molecule has 1 aliphatic rings. The van der Waals surface area contributed by atoms with Gasteiger partial charge in [-0.3, -0.25) is 4.98 Å². The fourth-order valence-corrected chi connectivity index (χ4v) is 3.74. The van der Waals surface area contributed by atoms with Gasteiger partial charge >= 0.3 is 0 Å². The predicted octanol–water partition coefficient (Wildman–Crippen LogP) is 5.08. The van der Waals surface area contributed by atoms with Gasteiger partial charge in [-0.1, -0.05) is 34.8 Å². The van der Waals surface area contributed by atoms with Gasteiger partial charge in [0.05, 0.1) is 10.0 Å². The molecule has 1 aromatic heterocycles. The van der Waals surface area contributed by atoms with Gasteiger partial charge in [0, 0.05) is 35.4 Å². The number of hydrogen-bond donors (Lipinski definition) is 1. The Morgan fingerprint density at radius 3 is 2.65 bits per heavy atom. The Kier molecular flexibility index (Phi) is 5.32. The number of ether oxygens (including phenoxy) is 1. The first kappa shape index (κ1) is 16.8. The number of rotatable bonds is 4. The van der Waals surface area contributed by atoms with Crippen LogP contribution in [0.15, 0.2) is 30.6 Å². The van der Waals surface area contributed by atoms with Gasteiger partial charge in [0.25, 0.3) is 0 Å². The lowest BCUT2D eigenvalue weighted by atomic mass is 9.95. The average molecular weight is 372 g/mol. The highest BCUT2D eigenvalue weighted by Gasteiger charge is 2.29. The molecule has 1 unspecified atom stereocenters. The molecule has 122 valence electrons. The first-order valence-electron chi connectivity index (χ1n) is 7.48. The molecule has 2 heterocycles. The minimum atomic E-state index is -0.159. The Labute approximate surface area is 150 Å². The zero-order valence-electron chi connectivity index (χ0n) is 12.7. The van der Waals surface area contributed by atoms with Crippen LogP contribution in [0.1, 0.15) is 23.7 Å². The SMILES string of the molecule is Cc1cc(Cl)cc(Cl)c1OC(c1cncc(Cl)c1)[C@H]1CCNC1. The lowest BCUT2D eigenvalue weighted by Crippen LogP contribution is -2.22. The summed E-state index contributed by atoms with van der Waals surface area (Å²) in [4.78, 5) is 4.19. The third-order valence-corrected chi connectivity index (χ3v) is 4.73. The van der Waals surface area contributed by atoms with Crippen molar-refractivity contribution in [1.29, 1.82) is 0 Å². The van der Waals surface area contributed by atoms with Crippen molar-refractivity contribution in [2.75, 3.05) is 13.1 Å². The van der Waals surface area contributed by atoms with E-state index in [0.29, 0.717) is 26.7 Å². The van der Waals surface area contributed by atoms with Crippen molar-refractivity contribution in [3.63, 3.8) is 0 Å². The molecule has 1 aliphatic heterocycles. The average Bonchev–Trinajstić information content (AvgIpc) is 3.00. The number of nitrogens with one attached hydrogen (secondary N) is 1. The second-order valence-electron chi connectivity index (χ2n) is 5.76. The quantitative estimate of drug-likeness (QED) is 0.814. The Bertz CT molecular complexity index is 679. The number of benzene rings is 1. The largest absolute Gasteiger partial charge is 0.483 e. The van der Waals surface area contributed by atoms with E-state index in [-0.39, 0.29) is 6.10 Å². The summed E-state index contributed by atoms with van der Waals surface area (Å²) in [6.45, 7) is 3.81. The van der Waals surface area contributed by atoms with Gasteiger partial charge in [-0.25, -0.2) is 0 Å². The highest BCUT2D eigenvalue weighted by atomic mass is 35.5. The van der Waals surface area contributed by atoms with Gasteiger partial charge in [0.15, 0.2) is 0 Å². The van der Waals surface area contributed by atoms with Crippen LogP contribution in [0.3, 0.4) is 0 Å². The maximum absolute atomic E-state index is 6.34. The molecule has 0 saturated carbocycles. The number of pyridine rings is 1. The van der Waals surface area contributed by atoms with E-state index < -0.39 is 0 Å². The minimum Gasteiger partial charge on any atom is -0.483 e. The van der Waals surface area contributed by atoms with Crippen molar-refractivity contribution < 1.29 is 4.74 Å². The molecule has 0 radical (unpaired) electrons. The zero-order chi connectivity index (χ0) is 16.4. The molecule has 2 atom stereocenters. The summed E-state index contributed by atoms with van der Waals surface area (Å²) in [6, 6.07) is 5.45. The summed E-state index contributed by atoms with van der Waals surface area (Å²) in [6.07, 6.45) is 4.29. The van der Waals surface area contributed by atoms with Crippen LogP contribution in [0, 0.1) is 12.8 Å². The molecule has 1 fully saturated rings. The summed E-state index contributed by atoms with van der Waals surface area (Å²) in [7, 11) is 0. The fraction of sp³-hybridized carbons (Fsp3) is 0.353. The smallest absolute Gasteiger partial charge is 0.141 e. The van der Waals surface area contributed by atoms with Crippen LogP contribution in [-0.2, 0) is 0 Å². The number of nitrogens with zero attached hydrogens (tertiary/aromatic N) is 1. The van der Waals surface area contributed by atoms with E-state index in [2.05, 4.69) is 10.3 Å². The molecular weight excluding hydrogens is 355 g/mol. The van der Waals surface area contributed by atoms with E-state index in [0.717, 1.165) is 30.6 Å². The van der Waals surface area contributed by atoms with Crippen molar-refractivity contribution in [3.05, 3.63) is 56.8 Å². The van der Waals surface area contributed by atoms with E-state index in [9.17, 15) is 0 Å². The summed E-state index contributed by atoms with van der Waals surface area (Å²) in [5, 5.41) is 5.09. The second-order valence-corrected chi connectivity index (χ2v) is 7.04. The lowest BCUT2D eigenvalue weighted by Gasteiger charge is -2.26. The van der Waals surface area contributed by atoms with E-state index in [1.807, 2.05) is 19.1 Å². The third kappa shape index (κ3) is 3.92. The van der Waals surface area contributed by atoms with Crippen LogP contribution in [0.25, 0.3) is 0 Å². The van der Waals surface area contributed by atoms with Crippen LogP contribution < -0.4 is 10.1 Å². The van der Waals surface area contributed by atoms with E-state index >= 15 is 0 Å².